The molecule has 5 nitrogen and oxygen atoms in total. The fourth-order valence-corrected chi connectivity index (χ4v) is 3.07. The maximum atomic E-state index is 10.3. The molecule has 0 spiro atoms. The van der Waals surface area contributed by atoms with Gasteiger partial charge in [-0.2, -0.15) is 0 Å². The quantitative estimate of drug-likeness (QED) is 0.744. The summed E-state index contributed by atoms with van der Waals surface area (Å²) in [4.78, 5) is 9.35. The second kappa shape index (κ2) is 6.18. The fraction of sp³-hybridized carbons (Fsp3) is 0.750. The molecule has 0 saturated heterocycles. The fourth-order valence-electron chi connectivity index (χ4n) is 3.07. The minimum atomic E-state index is -0.274. The summed E-state index contributed by atoms with van der Waals surface area (Å²) in [5, 5.41) is 17.0. The van der Waals surface area contributed by atoms with Crippen LogP contribution in [0.2, 0.25) is 0 Å². The first-order valence-corrected chi connectivity index (χ1v) is 8.20. The number of hydrogen-bond acceptors (Lipinski definition) is 5. The van der Waals surface area contributed by atoms with Crippen LogP contribution in [0, 0.1) is 6.92 Å². The first-order chi connectivity index (χ1) is 10.2. The third-order valence-corrected chi connectivity index (χ3v) is 4.64. The summed E-state index contributed by atoms with van der Waals surface area (Å²) in [5.74, 6) is 3.26. The molecule has 0 aromatic carbocycles. The highest BCUT2D eigenvalue weighted by Crippen LogP contribution is 2.39. The van der Waals surface area contributed by atoms with E-state index in [-0.39, 0.29) is 12.1 Å². The van der Waals surface area contributed by atoms with E-state index in [1.165, 1.54) is 25.7 Å². The summed E-state index contributed by atoms with van der Waals surface area (Å²) >= 11 is 0. The zero-order valence-corrected chi connectivity index (χ0v) is 13.0. The highest BCUT2D eigenvalue weighted by Gasteiger charge is 2.29. The highest BCUT2D eigenvalue weighted by atomic mass is 16.3. The van der Waals surface area contributed by atoms with Crippen LogP contribution in [0.3, 0.4) is 0 Å². The Morgan fingerprint density at radius 3 is 2.43 bits per heavy atom. The SMILES string of the molecule is CNc1nc(C2CC2)nc(NC2CCCCCC2O)c1C. The lowest BCUT2D eigenvalue weighted by atomic mass is 10.1. The average Bonchev–Trinajstić information content (AvgIpc) is 3.31. The van der Waals surface area contributed by atoms with Crippen LogP contribution in [-0.4, -0.2) is 34.3 Å². The van der Waals surface area contributed by atoms with E-state index in [0.29, 0.717) is 5.92 Å². The summed E-state index contributed by atoms with van der Waals surface area (Å²) in [7, 11) is 1.90. The number of aliphatic hydroxyl groups is 1. The number of aliphatic hydroxyl groups excluding tert-OH is 1. The Hall–Kier alpha value is -1.36. The molecular formula is C16H26N4O. The van der Waals surface area contributed by atoms with Gasteiger partial charge in [0.25, 0.3) is 0 Å². The van der Waals surface area contributed by atoms with E-state index < -0.39 is 0 Å². The molecule has 0 radical (unpaired) electrons. The molecule has 1 heterocycles. The predicted molar refractivity (Wildman–Crippen MR) is 84.8 cm³/mol. The maximum Gasteiger partial charge on any atom is 0.136 e. The van der Waals surface area contributed by atoms with Crippen molar-refractivity contribution in [3.8, 4) is 0 Å². The van der Waals surface area contributed by atoms with Crippen LogP contribution in [0.1, 0.15) is 62.3 Å². The standard InChI is InChI=1S/C16H26N4O/c1-10-14(17-2)19-16(11-8-9-11)20-15(10)18-12-6-4-3-5-7-13(12)21/h11-13,21H,3-9H2,1-2H3,(H2,17,18,19,20). The Morgan fingerprint density at radius 2 is 1.71 bits per heavy atom. The third kappa shape index (κ3) is 3.28. The molecule has 2 unspecified atom stereocenters. The highest BCUT2D eigenvalue weighted by molar-refractivity contribution is 5.57. The van der Waals surface area contributed by atoms with Gasteiger partial charge in [0, 0.05) is 18.5 Å². The lowest BCUT2D eigenvalue weighted by Crippen LogP contribution is -2.33. The van der Waals surface area contributed by atoms with Gasteiger partial charge in [-0.25, -0.2) is 9.97 Å². The lowest BCUT2D eigenvalue weighted by molar-refractivity contribution is 0.144. The van der Waals surface area contributed by atoms with Crippen molar-refractivity contribution in [1.29, 1.82) is 0 Å². The molecule has 1 aromatic heterocycles. The van der Waals surface area contributed by atoms with Gasteiger partial charge in [-0.15, -0.1) is 0 Å². The Morgan fingerprint density at radius 1 is 1.00 bits per heavy atom. The van der Waals surface area contributed by atoms with E-state index in [2.05, 4.69) is 15.6 Å². The van der Waals surface area contributed by atoms with Crippen LogP contribution in [0.5, 0.6) is 0 Å². The molecule has 5 heteroatoms. The van der Waals surface area contributed by atoms with Gasteiger partial charge >= 0.3 is 0 Å². The number of nitrogens with zero attached hydrogens (tertiary/aromatic N) is 2. The average molecular weight is 290 g/mol. The number of hydrogen-bond donors (Lipinski definition) is 3. The molecule has 0 amide bonds. The van der Waals surface area contributed by atoms with Crippen molar-refractivity contribution < 1.29 is 5.11 Å². The molecule has 0 bridgehead atoms. The molecule has 3 N–H and O–H groups in total. The van der Waals surface area contributed by atoms with Crippen LogP contribution >= 0.6 is 0 Å². The molecule has 2 atom stereocenters. The summed E-state index contributed by atoms with van der Waals surface area (Å²) in [6, 6.07) is 0.109. The van der Waals surface area contributed by atoms with E-state index in [9.17, 15) is 5.11 Å². The summed E-state index contributed by atoms with van der Waals surface area (Å²) in [6.07, 6.45) is 7.52. The van der Waals surface area contributed by atoms with Gasteiger partial charge in [0.15, 0.2) is 0 Å². The monoisotopic (exact) mass is 290 g/mol. The lowest BCUT2D eigenvalue weighted by Gasteiger charge is -2.24. The number of nitrogens with one attached hydrogen (secondary N) is 2. The van der Waals surface area contributed by atoms with Crippen molar-refractivity contribution in [1.82, 2.24) is 9.97 Å². The van der Waals surface area contributed by atoms with Crippen LogP contribution < -0.4 is 10.6 Å². The van der Waals surface area contributed by atoms with Gasteiger partial charge in [0.1, 0.15) is 17.5 Å². The molecule has 2 saturated carbocycles. The van der Waals surface area contributed by atoms with Gasteiger partial charge in [-0.3, -0.25) is 0 Å². The molecule has 1 aromatic rings. The van der Waals surface area contributed by atoms with E-state index in [1.807, 2.05) is 14.0 Å². The van der Waals surface area contributed by atoms with Gasteiger partial charge < -0.3 is 15.7 Å². The molecule has 2 aliphatic rings. The molecule has 116 valence electrons. The smallest absolute Gasteiger partial charge is 0.136 e. The minimum absolute atomic E-state index is 0.109. The first-order valence-electron chi connectivity index (χ1n) is 8.20. The van der Waals surface area contributed by atoms with E-state index in [0.717, 1.165) is 42.3 Å². The number of aromatic nitrogens is 2. The second-order valence-electron chi connectivity index (χ2n) is 6.38. The molecular weight excluding hydrogens is 264 g/mol. The van der Waals surface area contributed by atoms with Gasteiger partial charge in [0.05, 0.1) is 12.1 Å². The number of rotatable bonds is 4. The number of anilines is 2. The zero-order chi connectivity index (χ0) is 14.8. The summed E-state index contributed by atoms with van der Waals surface area (Å²) in [5.41, 5.74) is 1.04. The predicted octanol–water partition coefficient (Wildman–Crippen LogP) is 2.81. The van der Waals surface area contributed by atoms with Crippen LogP contribution in [0.25, 0.3) is 0 Å². The van der Waals surface area contributed by atoms with E-state index in [4.69, 9.17) is 4.98 Å². The Labute approximate surface area is 126 Å². The topological polar surface area (TPSA) is 70.1 Å². The summed E-state index contributed by atoms with van der Waals surface area (Å²) < 4.78 is 0. The van der Waals surface area contributed by atoms with E-state index in [1.54, 1.807) is 0 Å². The zero-order valence-electron chi connectivity index (χ0n) is 13.0. The van der Waals surface area contributed by atoms with Crippen molar-refractivity contribution in [2.24, 2.45) is 0 Å². The third-order valence-electron chi connectivity index (χ3n) is 4.64. The Bertz CT molecular complexity index is 501. The van der Waals surface area contributed by atoms with Gasteiger partial charge in [-0.05, 0) is 32.6 Å². The van der Waals surface area contributed by atoms with Crippen molar-refractivity contribution in [3.05, 3.63) is 11.4 Å². The second-order valence-corrected chi connectivity index (χ2v) is 6.38. The largest absolute Gasteiger partial charge is 0.391 e. The molecule has 0 aliphatic heterocycles. The van der Waals surface area contributed by atoms with Crippen molar-refractivity contribution in [2.75, 3.05) is 17.7 Å². The molecule has 2 fully saturated rings. The minimum Gasteiger partial charge on any atom is -0.391 e. The summed E-state index contributed by atoms with van der Waals surface area (Å²) in [6.45, 7) is 2.04. The first kappa shape index (κ1) is 14.6. The normalized spacial score (nSPS) is 26.2. The van der Waals surface area contributed by atoms with Crippen molar-refractivity contribution in [3.63, 3.8) is 0 Å². The van der Waals surface area contributed by atoms with Crippen LogP contribution in [-0.2, 0) is 0 Å². The van der Waals surface area contributed by atoms with Gasteiger partial charge in [-0.1, -0.05) is 19.3 Å². The van der Waals surface area contributed by atoms with Crippen LogP contribution in [0.15, 0.2) is 0 Å². The molecule has 2 aliphatic carbocycles. The van der Waals surface area contributed by atoms with Gasteiger partial charge in [0.2, 0.25) is 0 Å². The van der Waals surface area contributed by atoms with Crippen molar-refractivity contribution in [2.45, 2.75) is 69.9 Å². The Balaban J connectivity index is 1.84. The molecule has 3 rings (SSSR count). The molecule has 21 heavy (non-hydrogen) atoms. The maximum absolute atomic E-state index is 10.3. The van der Waals surface area contributed by atoms with E-state index >= 15 is 0 Å². The van der Waals surface area contributed by atoms with Crippen LogP contribution in [0.4, 0.5) is 11.6 Å². The Kier molecular flexibility index (Phi) is 4.29. The van der Waals surface area contributed by atoms with Crippen molar-refractivity contribution >= 4 is 11.6 Å².